The number of amides is 1. The fraction of sp³-hybridized carbons (Fsp3) is 0.167. The standard InChI is InChI=1S/C12H13N3O/c1-9(16)14-13-8-11-7-10-5-3-4-6-12(10)15(11)2/h3-8H,1-2H3,(H,14,16). The maximum absolute atomic E-state index is 10.7. The van der Waals surface area contributed by atoms with E-state index in [4.69, 9.17) is 0 Å². The van der Waals surface area contributed by atoms with Crippen LogP contribution in [0.5, 0.6) is 0 Å². The van der Waals surface area contributed by atoms with Crippen LogP contribution in [-0.4, -0.2) is 16.7 Å². The summed E-state index contributed by atoms with van der Waals surface area (Å²) in [4.78, 5) is 10.7. The molecule has 1 aromatic carbocycles. The van der Waals surface area contributed by atoms with Crippen LogP contribution in [0.1, 0.15) is 12.6 Å². The normalized spacial score (nSPS) is 11.1. The number of carbonyl (C=O) groups is 1. The van der Waals surface area contributed by atoms with Gasteiger partial charge in [0, 0.05) is 24.9 Å². The van der Waals surface area contributed by atoms with Gasteiger partial charge in [-0.15, -0.1) is 0 Å². The number of hydrazone groups is 1. The molecule has 0 atom stereocenters. The quantitative estimate of drug-likeness (QED) is 0.601. The van der Waals surface area contributed by atoms with Crippen molar-refractivity contribution in [2.75, 3.05) is 0 Å². The number of carbonyl (C=O) groups excluding carboxylic acids is 1. The van der Waals surface area contributed by atoms with Gasteiger partial charge in [0.05, 0.1) is 11.9 Å². The van der Waals surface area contributed by atoms with Gasteiger partial charge in [-0.3, -0.25) is 4.79 Å². The van der Waals surface area contributed by atoms with Gasteiger partial charge >= 0.3 is 0 Å². The third kappa shape index (κ3) is 1.95. The zero-order valence-corrected chi connectivity index (χ0v) is 9.27. The molecule has 4 heteroatoms. The van der Waals surface area contributed by atoms with Gasteiger partial charge < -0.3 is 4.57 Å². The molecule has 0 bridgehead atoms. The molecule has 1 N–H and O–H groups in total. The van der Waals surface area contributed by atoms with Crippen molar-refractivity contribution >= 4 is 23.0 Å². The Labute approximate surface area is 93.6 Å². The van der Waals surface area contributed by atoms with E-state index in [1.165, 1.54) is 6.92 Å². The van der Waals surface area contributed by atoms with Crippen LogP contribution in [0.2, 0.25) is 0 Å². The maximum atomic E-state index is 10.7. The highest BCUT2D eigenvalue weighted by molar-refractivity contribution is 5.90. The highest BCUT2D eigenvalue weighted by Gasteiger charge is 2.01. The Hall–Kier alpha value is -2.10. The summed E-state index contributed by atoms with van der Waals surface area (Å²) in [6.45, 7) is 1.43. The van der Waals surface area contributed by atoms with Gasteiger partial charge in [0.15, 0.2) is 0 Å². The van der Waals surface area contributed by atoms with Crippen molar-refractivity contribution in [1.29, 1.82) is 0 Å². The van der Waals surface area contributed by atoms with Gasteiger partial charge in [0.25, 0.3) is 0 Å². The van der Waals surface area contributed by atoms with Crippen LogP contribution in [0.25, 0.3) is 10.9 Å². The first-order valence-corrected chi connectivity index (χ1v) is 5.02. The van der Waals surface area contributed by atoms with E-state index in [1.54, 1.807) is 6.21 Å². The molecule has 82 valence electrons. The highest BCUT2D eigenvalue weighted by atomic mass is 16.2. The molecule has 0 aliphatic heterocycles. The second kappa shape index (κ2) is 4.18. The van der Waals surface area contributed by atoms with Crippen LogP contribution < -0.4 is 5.43 Å². The third-order valence-electron chi connectivity index (χ3n) is 2.41. The number of hydrogen-bond donors (Lipinski definition) is 1. The van der Waals surface area contributed by atoms with E-state index in [0.717, 1.165) is 16.6 Å². The number of aromatic nitrogens is 1. The van der Waals surface area contributed by atoms with Crippen molar-refractivity contribution in [2.24, 2.45) is 12.1 Å². The van der Waals surface area contributed by atoms with Crippen molar-refractivity contribution in [3.63, 3.8) is 0 Å². The lowest BCUT2D eigenvalue weighted by Crippen LogP contribution is -2.12. The Bertz CT molecular complexity index is 554. The van der Waals surface area contributed by atoms with Gasteiger partial charge in [-0.25, -0.2) is 5.43 Å². The van der Waals surface area contributed by atoms with Crippen molar-refractivity contribution in [3.05, 3.63) is 36.0 Å². The van der Waals surface area contributed by atoms with Gasteiger partial charge in [0.1, 0.15) is 0 Å². The molecule has 1 amide bonds. The summed E-state index contributed by atoms with van der Waals surface area (Å²) in [7, 11) is 1.97. The number of aryl methyl sites for hydroxylation is 1. The van der Waals surface area contributed by atoms with Crippen LogP contribution in [0.4, 0.5) is 0 Å². The van der Waals surface area contributed by atoms with Crippen molar-refractivity contribution in [1.82, 2.24) is 9.99 Å². The number of nitrogens with one attached hydrogen (secondary N) is 1. The van der Waals surface area contributed by atoms with Crippen molar-refractivity contribution in [3.8, 4) is 0 Å². The number of hydrogen-bond acceptors (Lipinski definition) is 2. The van der Waals surface area contributed by atoms with Crippen molar-refractivity contribution in [2.45, 2.75) is 6.92 Å². The molecular formula is C12H13N3O. The predicted molar refractivity (Wildman–Crippen MR) is 64.3 cm³/mol. The number of fused-ring (bicyclic) bond motifs is 1. The van der Waals surface area contributed by atoms with Crippen LogP contribution >= 0.6 is 0 Å². The Morgan fingerprint density at radius 3 is 2.88 bits per heavy atom. The Morgan fingerprint density at radius 2 is 2.19 bits per heavy atom. The van der Waals surface area contributed by atoms with Gasteiger partial charge in [-0.2, -0.15) is 5.10 Å². The number of nitrogens with zero attached hydrogens (tertiary/aromatic N) is 2. The molecule has 4 nitrogen and oxygen atoms in total. The zero-order valence-electron chi connectivity index (χ0n) is 9.27. The second-order valence-corrected chi connectivity index (χ2v) is 3.61. The summed E-state index contributed by atoms with van der Waals surface area (Å²) >= 11 is 0. The van der Waals surface area contributed by atoms with Crippen LogP contribution in [-0.2, 0) is 11.8 Å². The Balaban J connectivity index is 2.34. The first kappa shape index (κ1) is 10.4. The summed E-state index contributed by atoms with van der Waals surface area (Å²) in [6, 6.07) is 10.1. The summed E-state index contributed by atoms with van der Waals surface area (Å²) in [6.07, 6.45) is 1.64. The SMILES string of the molecule is CC(=O)NN=Cc1cc2ccccc2n1C. The van der Waals surface area contributed by atoms with E-state index in [0.29, 0.717) is 0 Å². The average molecular weight is 215 g/mol. The lowest BCUT2D eigenvalue weighted by Gasteiger charge is -1.98. The summed E-state index contributed by atoms with van der Waals surface area (Å²) in [5, 5.41) is 5.01. The van der Waals surface area contributed by atoms with E-state index in [1.807, 2.05) is 41.9 Å². The summed E-state index contributed by atoms with van der Waals surface area (Å²) < 4.78 is 2.03. The molecule has 0 saturated carbocycles. The van der Waals surface area contributed by atoms with E-state index in [9.17, 15) is 4.79 Å². The maximum Gasteiger partial charge on any atom is 0.236 e. The van der Waals surface area contributed by atoms with Crippen molar-refractivity contribution < 1.29 is 4.79 Å². The predicted octanol–water partition coefficient (Wildman–Crippen LogP) is 1.65. The van der Waals surface area contributed by atoms with E-state index >= 15 is 0 Å². The Morgan fingerprint density at radius 1 is 1.44 bits per heavy atom. The topological polar surface area (TPSA) is 46.4 Å². The fourth-order valence-corrected chi connectivity index (χ4v) is 1.62. The number of para-hydroxylation sites is 1. The smallest absolute Gasteiger partial charge is 0.236 e. The van der Waals surface area contributed by atoms with Gasteiger partial charge in [0.2, 0.25) is 5.91 Å². The summed E-state index contributed by atoms with van der Waals surface area (Å²) in [5.74, 6) is -0.171. The molecule has 16 heavy (non-hydrogen) atoms. The molecule has 1 heterocycles. The lowest BCUT2D eigenvalue weighted by molar-refractivity contribution is -0.118. The average Bonchev–Trinajstić information content (AvgIpc) is 2.56. The van der Waals surface area contributed by atoms with Crippen LogP contribution in [0.3, 0.4) is 0 Å². The molecule has 2 rings (SSSR count). The van der Waals surface area contributed by atoms with E-state index in [2.05, 4.69) is 10.5 Å². The molecule has 0 unspecified atom stereocenters. The fourth-order valence-electron chi connectivity index (χ4n) is 1.62. The highest BCUT2D eigenvalue weighted by Crippen LogP contribution is 2.16. The molecular weight excluding hydrogens is 202 g/mol. The summed E-state index contributed by atoms with van der Waals surface area (Å²) in [5.41, 5.74) is 4.48. The second-order valence-electron chi connectivity index (χ2n) is 3.61. The minimum atomic E-state index is -0.171. The van der Waals surface area contributed by atoms with Crippen LogP contribution in [0.15, 0.2) is 35.4 Å². The molecule has 2 aromatic rings. The first-order valence-electron chi connectivity index (χ1n) is 5.02. The number of rotatable bonds is 2. The first-order chi connectivity index (χ1) is 7.68. The third-order valence-corrected chi connectivity index (χ3v) is 2.41. The monoisotopic (exact) mass is 215 g/mol. The van der Waals surface area contributed by atoms with E-state index < -0.39 is 0 Å². The van der Waals surface area contributed by atoms with E-state index in [-0.39, 0.29) is 5.91 Å². The van der Waals surface area contributed by atoms with Gasteiger partial charge in [-0.1, -0.05) is 18.2 Å². The lowest BCUT2D eigenvalue weighted by atomic mass is 10.2. The van der Waals surface area contributed by atoms with Gasteiger partial charge in [-0.05, 0) is 12.1 Å². The molecule has 0 aliphatic carbocycles. The Kier molecular flexibility index (Phi) is 2.72. The molecule has 0 radical (unpaired) electrons. The minimum absolute atomic E-state index is 0.171. The van der Waals surface area contributed by atoms with Crippen LogP contribution in [0, 0.1) is 0 Å². The molecule has 0 fully saturated rings. The molecule has 0 spiro atoms. The zero-order chi connectivity index (χ0) is 11.5. The minimum Gasteiger partial charge on any atom is -0.343 e. The largest absolute Gasteiger partial charge is 0.343 e. The molecule has 1 aromatic heterocycles. The molecule has 0 aliphatic rings. The molecule has 0 saturated heterocycles. The number of benzene rings is 1.